The van der Waals surface area contributed by atoms with E-state index in [0.717, 1.165) is 12.1 Å². The molecule has 1 heterocycles. The molecule has 2 amide bonds. The highest BCUT2D eigenvalue weighted by Gasteiger charge is 2.19. The summed E-state index contributed by atoms with van der Waals surface area (Å²) in [6.45, 7) is 6.65. The van der Waals surface area contributed by atoms with E-state index in [-0.39, 0.29) is 18.4 Å². The summed E-state index contributed by atoms with van der Waals surface area (Å²) in [6, 6.07) is 9.06. The van der Waals surface area contributed by atoms with Gasteiger partial charge >= 0.3 is 0 Å². The van der Waals surface area contributed by atoms with Crippen LogP contribution in [0.25, 0.3) is 0 Å². The fourth-order valence-corrected chi connectivity index (χ4v) is 2.88. The maximum absolute atomic E-state index is 12.7. The molecule has 0 unspecified atom stereocenters. The number of nitrogens with zero attached hydrogens (tertiary/aromatic N) is 2. The highest BCUT2D eigenvalue weighted by atomic mass is 32.1. The van der Waals surface area contributed by atoms with Gasteiger partial charge in [-0.05, 0) is 31.4 Å². The number of carbonyl (C=O) groups is 2. The zero-order valence-electron chi connectivity index (χ0n) is 14.3. The molecular weight excluding hydrogens is 322 g/mol. The highest BCUT2D eigenvalue weighted by molar-refractivity contribution is 7.13. The first-order chi connectivity index (χ1) is 11.5. The lowest BCUT2D eigenvalue weighted by Crippen LogP contribution is -2.39. The number of carbonyl (C=O) groups excluding carboxylic acids is 2. The van der Waals surface area contributed by atoms with Crippen molar-refractivity contribution in [1.82, 2.24) is 9.88 Å². The minimum atomic E-state index is -0.225. The molecule has 1 N–H and O–H groups in total. The number of nitrogens with one attached hydrogen (secondary N) is 1. The molecule has 0 bridgehead atoms. The van der Waals surface area contributed by atoms with Gasteiger partial charge in [0.2, 0.25) is 5.91 Å². The number of hydrogen-bond acceptors (Lipinski definition) is 4. The van der Waals surface area contributed by atoms with Gasteiger partial charge in [-0.1, -0.05) is 32.0 Å². The van der Waals surface area contributed by atoms with Crippen LogP contribution in [-0.2, 0) is 4.79 Å². The summed E-state index contributed by atoms with van der Waals surface area (Å²) in [6.07, 6.45) is 0.849. The summed E-state index contributed by atoms with van der Waals surface area (Å²) in [5, 5.41) is 5.20. The SMILES string of the molecule is Cc1csc(NC(=O)CN(CCC(C)C)C(=O)c2ccccc2)n1. The van der Waals surface area contributed by atoms with E-state index in [1.54, 1.807) is 17.0 Å². The van der Waals surface area contributed by atoms with Crippen LogP contribution in [0.2, 0.25) is 0 Å². The Labute approximate surface area is 146 Å². The number of anilines is 1. The first-order valence-corrected chi connectivity index (χ1v) is 8.90. The van der Waals surface area contributed by atoms with Crippen molar-refractivity contribution in [2.75, 3.05) is 18.4 Å². The predicted molar refractivity (Wildman–Crippen MR) is 97.3 cm³/mol. The minimum absolute atomic E-state index is 0.0269. The zero-order chi connectivity index (χ0) is 17.5. The molecule has 5 nitrogen and oxygen atoms in total. The summed E-state index contributed by atoms with van der Waals surface area (Å²) in [5.74, 6) is 0.111. The largest absolute Gasteiger partial charge is 0.329 e. The molecule has 0 fully saturated rings. The van der Waals surface area contributed by atoms with Crippen LogP contribution in [0.5, 0.6) is 0 Å². The fourth-order valence-electron chi connectivity index (χ4n) is 2.17. The molecule has 1 aromatic carbocycles. The second kappa shape index (κ2) is 8.59. The molecule has 24 heavy (non-hydrogen) atoms. The maximum atomic E-state index is 12.7. The second-order valence-electron chi connectivity index (χ2n) is 6.12. The molecule has 0 aliphatic carbocycles. The van der Waals surface area contributed by atoms with Gasteiger partial charge in [0.05, 0.1) is 5.69 Å². The van der Waals surface area contributed by atoms with Crippen LogP contribution >= 0.6 is 11.3 Å². The van der Waals surface area contributed by atoms with Crippen molar-refractivity contribution < 1.29 is 9.59 Å². The molecule has 2 rings (SSSR count). The number of aromatic nitrogens is 1. The van der Waals surface area contributed by atoms with E-state index in [1.165, 1.54) is 11.3 Å². The summed E-state index contributed by atoms with van der Waals surface area (Å²) in [7, 11) is 0. The van der Waals surface area contributed by atoms with Gasteiger partial charge in [-0.15, -0.1) is 11.3 Å². The maximum Gasteiger partial charge on any atom is 0.254 e. The summed E-state index contributed by atoms with van der Waals surface area (Å²) in [5.41, 5.74) is 1.46. The van der Waals surface area contributed by atoms with E-state index in [4.69, 9.17) is 0 Å². The Morgan fingerprint density at radius 3 is 2.54 bits per heavy atom. The second-order valence-corrected chi connectivity index (χ2v) is 6.98. The topological polar surface area (TPSA) is 62.3 Å². The molecule has 6 heteroatoms. The summed E-state index contributed by atoms with van der Waals surface area (Å²) in [4.78, 5) is 30.8. The molecular formula is C18H23N3O2S. The van der Waals surface area contributed by atoms with Crippen LogP contribution in [0.15, 0.2) is 35.7 Å². The van der Waals surface area contributed by atoms with Crippen molar-refractivity contribution in [3.63, 3.8) is 0 Å². The van der Waals surface area contributed by atoms with Crippen LogP contribution in [0, 0.1) is 12.8 Å². The molecule has 1 aromatic heterocycles. The number of amides is 2. The standard InChI is InChI=1S/C18H23N3O2S/c1-13(2)9-10-21(17(23)15-7-5-4-6-8-15)11-16(22)20-18-19-14(3)12-24-18/h4-8,12-13H,9-11H2,1-3H3,(H,19,20,22). The van der Waals surface area contributed by atoms with Crippen molar-refractivity contribution in [1.29, 1.82) is 0 Å². The minimum Gasteiger partial charge on any atom is -0.329 e. The van der Waals surface area contributed by atoms with Gasteiger partial charge in [-0.2, -0.15) is 0 Å². The van der Waals surface area contributed by atoms with E-state index in [1.807, 2.05) is 30.5 Å². The Morgan fingerprint density at radius 1 is 1.25 bits per heavy atom. The zero-order valence-corrected chi connectivity index (χ0v) is 15.1. The molecule has 0 saturated carbocycles. The van der Waals surface area contributed by atoms with Crippen LogP contribution < -0.4 is 5.32 Å². The first kappa shape index (κ1) is 18.1. The lowest BCUT2D eigenvalue weighted by Gasteiger charge is -2.23. The molecule has 0 aliphatic rings. The number of benzene rings is 1. The Bertz CT molecular complexity index is 683. The molecule has 0 aliphatic heterocycles. The van der Waals surface area contributed by atoms with Crippen LogP contribution in [-0.4, -0.2) is 34.8 Å². The number of rotatable bonds is 7. The van der Waals surface area contributed by atoms with Crippen LogP contribution in [0.3, 0.4) is 0 Å². The molecule has 0 spiro atoms. The Hall–Kier alpha value is -2.21. The van der Waals surface area contributed by atoms with Crippen molar-refractivity contribution in [3.8, 4) is 0 Å². The Kier molecular flexibility index (Phi) is 6.49. The van der Waals surface area contributed by atoms with Gasteiger partial charge < -0.3 is 10.2 Å². The molecule has 0 saturated heterocycles. The lowest BCUT2D eigenvalue weighted by atomic mass is 10.1. The van der Waals surface area contributed by atoms with Gasteiger partial charge in [-0.25, -0.2) is 4.98 Å². The van der Waals surface area contributed by atoms with Gasteiger partial charge in [0, 0.05) is 17.5 Å². The van der Waals surface area contributed by atoms with E-state index < -0.39 is 0 Å². The van der Waals surface area contributed by atoms with Crippen molar-refractivity contribution in [2.45, 2.75) is 27.2 Å². The van der Waals surface area contributed by atoms with Gasteiger partial charge in [-0.3, -0.25) is 9.59 Å². The van der Waals surface area contributed by atoms with Crippen molar-refractivity contribution in [2.24, 2.45) is 5.92 Å². The van der Waals surface area contributed by atoms with Gasteiger partial charge in [0.15, 0.2) is 5.13 Å². The van der Waals surface area contributed by atoms with Crippen LogP contribution in [0.4, 0.5) is 5.13 Å². The summed E-state index contributed by atoms with van der Waals surface area (Å²) < 4.78 is 0. The first-order valence-electron chi connectivity index (χ1n) is 8.02. The fraction of sp³-hybridized carbons (Fsp3) is 0.389. The van der Waals surface area contributed by atoms with E-state index in [2.05, 4.69) is 24.1 Å². The van der Waals surface area contributed by atoms with E-state index in [9.17, 15) is 9.59 Å². The van der Waals surface area contributed by atoms with Crippen LogP contribution in [0.1, 0.15) is 36.3 Å². The number of thiazole rings is 1. The summed E-state index contributed by atoms with van der Waals surface area (Å²) >= 11 is 1.38. The average Bonchev–Trinajstić information content (AvgIpc) is 2.96. The molecule has 128 valence electrons. The van der Waals surface area contributed by atoms with Crippen molar-refractivity contribution >= 4 is 28.3 Å². The number of aryl methyl sites for hydroxylation is 1. The normalized spacial score (nSPS) is 10.7. The van der Waals surface area contributed by atoms with E-state index >= 15 is 0 Å². The van der Waals surface area contributed by atoms with Gasteiger partial charge in [0.25, 0.3) is 5.91 Å². The number of hydrogen-bond donors (Lipinski definition) is 1. The highest BCUT2D eigenvalue weighted by Crippen LogP contribution is 2.15. The quantitative estimate of drug-likeness (QED) is 0.834. The molecule has 2 aromatic rings. The Balaban J connectivity index is 2.04. The Morgan fingerprint density at radius 2 is 1.96 bits per heavy atom. The van der Waals surface area contributed by atoms with Gasteiger partial charge in [0.1, 0.15) is 6.54 Å². The average molecular weight is 345 g/mol. The van der Waals surface area contributed by atoms with E-state index in [0.29, 0.717) is 23.2 Å². The molecule has 0 atom stereocenters. The predicted octanol–water partition coefficient (Wildman–Crippen LogP) is 3.58. The third-order valence-corrected chi connectivity index (χ3v) is 4.36. The monoisotopic (exact) mass is 345 g/mol. The lowest BCUT2D eigenvalue weighted by molar-refractivity contribution is -0.116. The molecule has 0 radical (unpaired) electrons. The smallest absolute Gasteiger partial charge is 0.254 e. The third kappa shape index (κ3) is 5.45. The third-order valence-electron chi connectivity index (χ3n) is 3.48. The van der Waals surface area contributed by atoms with Crippen molar-refractivity contribution in [3.05, 3.63) is 47.0 Å².